The third-order valence-corrected chi connectivity index (χ3v) is 6.99. The van der Waals surface area contributed by atoms with Gasteiger partial charge in [-0.2, -0.15) is 0 Å². The van der Waals surface area contributed by atoms with Gasteiger partial charge in [-0.25, -0.2) is 13.1 Å². The first-order valence-corrected chi connectivity index (χ1v) is 12.0. The molecule has 0 bridgehead atoms. The molecule has 1 aliphatic carbocycles. The highest BCUT2D eigenvalue weighted by Crippen LogP contribution is 2.28. The maximum absolute atomic E-state index is 12.6. The summed E-state index contributed by atoms with van der Waals surface area (Å²) >= 11 is 6.21. The van der Waals surface area contributed by atoms with E-state index in [2.05, 4.69) is 10.0 Å². The molecule has 8 heteroatoms. The van der Waals surface area contributed by atoms with Gasteiger partial charge in [0.15, 0.2) is 6.61 Å². The molecule has 0 radical (unpaired) electrons. The van der Waals surface area contributed by atoms with Gasteiger partial charge in [-0.3, -0.25) is 4.79 Å². The zero-order chi connectivity index (χ0) is 21.6. The van der Waals surface area contributed by atoms with E-state index >= 15 is 0 Å². The SMILES string of the molecule is C[C@H](NC(=O)COc1ccc(S(=O)(=O)NC2CCCCC2)cc1Cl)c1ccccc1. The third-order valence-electron chi connectivity index (χ3n) is 5.18. The Labute approximate surface area is 183 Å². The second-order valence-corrected chi connectivity index (χ2v) is 9.66. The molecule has 0 unspecified atom stereocenters. The quantitative estimate of drug-likeness (QED) is 0.631. The molecular weight excluding hydrogens is 424 g/mol. The summed E-state index contributed by atoms with van der Waals surface area (Å²) in [4.78, 5) is 12.3. The number of carbonyl (C=O) groups excluding carboxylic acids is 1. The fraction of sp³-hybridized carbons (Fsp3) is 0.409. The van der Waals surface area contributed by atoms with Crippen LogP contribution in [-0.4, -0.2) is 27.0 Å². The molecule has 3 rings (SSSR count). The number of hydrogen-bond acceptors (Lipinski definition) is 4. The van der Waals surface area contributed by atoms with Gasteiger partial charge < -0.3 is 10.1 Å². The first kappa shape index (κ1) is 22.6. The standard InChI is InChI=1S/C22H27ClN2O4S/c1-16(17-8-4-2-5-9-17)24-22(26)15-29-21-13-12-19(14-20(21)23)30(27,28)25-18-10-6-3-7-11-18/h2,4-5,8-9,12-14,16,18,25H,3,6-7,10-11,15H2,1H3,(H,24,26)/t16-/m0/s1. The molecule has 6 nitrogen and oxygen atoms in total. The van der Waals surface area contributed by atoms with Crippen LogP contribution in [0.3, 0.4) is 0 Å². The van der Waals surface area contributed by atoms with E-state index in [0.29, 0.717) is 0 Å². The molecule has 1 amide bonds. The highest BCUT2D eigenvalue weighted by Gasteiger charge is 2.22. The predicted octanol–water partition coefficient (Wildman–Crippen LogP) is 4.21. The van der Waals surface area contributed by atoms with E-state index in [1.54, 1.807) is 0 Å². The van der Waals surface area contributed by atoms with Gasteiger partial charge in [0, 0.05) is 6.04 Å². The Morgan fingerprint density at radius 2 is 1.83 bits per heavy atom. The summed E-state index contributed by atoms with van der Waals surface area (Å²) in [6, 6.07) is 13.7. The summed E-state index contributed by atoms with van der Waals surface area (Å²) in [5.41, 5.74) is 0.990. The third kappa shape index (κ3) is 6.20. The fourth-order valence-corrected chi connectivity index (χ4v) is 5.16. The average molecular weight is 451 g/mol. The van der Waals surface area contributed by atoms with Crippen LogP contribution in [0.4, 0.5) is 0 Å². The Hall–Kier alpha value is -2.09. The van der Waals surface area contributed by atoms with Crippen molar-refractivity contribution in [2.75, 3.05) is 6.61 Å². The Bertz CT molecular complexity index is 960. The number of carbonyl (C=O) groups is 1. The molecule has 1 aliphatic rings. The van der Waals surface area contributed by atoms with Crippen LogP contribution in [0.1, 0.15) is 50.6 Å². The lowest BCUT2D eigenvalue weighted by Gasteiger charge is -2.22. The lowest BCUT2D eigenvalue weighted by molar-refractivity contribution is -0.123. The van der Waals surface area contributed by atoms with Crippen molar-refractivity contribution in [3.05, 3.63) is 59.1 Å². The zero-order valence-electron chi connectivity index (χ0n) is 16.9. The Balaban J connectivity index is 1.56. The van der Waals surface area contributed by atoms with Crippen molar-refractivity contribution in [2.24, 2.45) is 0 Å². The van der Waals surface area contributed by atoms with Crippen LogP contribution in [0.15, 0.2) is 53.4 Å². The van der Waals surface area contributed by atoms with Crippen molar-refractivity contribution in [3.8, 4) is 5.75 Å². The van der Waals surface area contributed by atoms with E-state index < -0.39 is 10.0 Å². The molecule has 1 fully saturated rings. The minimum absolute atomic E-state index is 0.0336. The molecule has 0 aromatic heterocycles. The molecular formula is C22H27ClN2O4S. The van der Waals surface area contributed by atoms with Crippen LogP contribution < -0.4 is 14.8 Å². The maximum atomic E-state index is 12.6. The Morgan fingerprint density at radius 3 is 2.50 bits per heavy atom. The van der Waals surface area contributed by atoms with Crippen molar-refractivity contribution in [3.63, 3.8) is 0 Å². The predicted molar refractivity (Wildman–Crippen MR) is 117 cm³/mol. The van der Waals surface area contributed by atoms with Crippen molar-refractivity contribution in [1.82, 2.24) is 10.0 Å². The van der Waals surface area contributed by atoms with Gasteiger partial charge in [0.1, 0.15) is 5.75 Å². The smallest absolute Gasteiger partial charge is 0.258 e. The van der Waals surface area contributed by atoms with Gasteiger partial charge in [-0.15, -0.1) is 0 Å². The summed E-state index contributed by atoms with van der Waals surface area (Å²) in [6.45, 7) is 1.67. The maximum Gasteiger partial charge on any atom is 0.258 e. The number of sulfonamides is 1. The molecule has 1 atom stereocenters. The highest BCUT2D eigenvalue weighted by atomic mass is 35.5. The minimum atomic E-state index is -3.65. The van der Waals surface area contributed by atoms with E-state index in [1.807, 2.05) is 37.3 Å². The number of halogens is 1. The topological polar surface area (TPSA) is 84.5 Å². The van der Waals surface area contributed by atoms with Gasteiger partial charge in [0.2, 0.25) is 10.0 Å². The van der Waals surface area contributed by atoms with Crippen LogP contribution in [0.2, 0.25) is 5.02 Å². The molecule has 0 heterocycles. The molecule has 0 spiro atoms. The fourth-order valence-electron chi connectivity index (χ4n) is 3.53. The number of nitrogens with one attached hydrogen (secondary N) is 2. The number of amides is 1. The Kier molecular flexibility index (Phi) is 7.75. The van der Waals surface area contributed by atoms with Gasteiger partial charge in [-0.1, -0.05) is 61.2 Å². The van der Waals surface area contributed by atoms with Gasteiger partial charge in [0.05, 0.1) is 16.0 Å². The van der Waals surface area contributed by atoms with Crippen molar-refractivity contribution < 1.29 is 17.9 Å². The van der Waals surface area contributed by atoms with Crippen LogP contribution in [0.5, 0.6) is 5.75 Å². The normalized spacial score (nSPS) is 16.1. The van der Waals surface area contributed by atoms with Crippen LogP contribution in [-0.2, 0) is 14.8 Å². The second kappa shape index (κ2) is 10.3. The average Bonchev–Trinajstić information content (AvgIpc) is 2.74. The molecule has 2 aromatic carbocycles. The summed E-state index contributed by atoms with van der Waals surface area (Å²) in [7, 11) is -3.65. The van der Waals surface area contributed by atoms with E-state index in [-0.39, 0.29) is 40.3 Å². The number of ether oxygens (including phenoxy) is 1. The minimum Gasteiger partial charge on any atom is -0.482 e. The Morgan fingerprint density at radius 1 is 1.13 bits per heavy atom. The van der Waals surface area contributed by atoms with E-state index in [0.717, 1.165) is 37.7 Å². The summed E-state index contributed by atoms with van der Waals surface area (Å²) < 4.78 is 33.5. The van der Waals surface area contributed by atoms with E-state index in [4.69, 9.17) is 16.3 Å². The number of rotatable bonds is 8. The summed E-state index contributed by atoms with van der Waals surface area (Å²) in [5, 5.41) is 3.00. The van der Waals surface area contributed by atoms with Crippen molar-refractivity contribution in [1.29, 1.82) is 0 Å². The first-order valence-electron chi connectivity index (χ1n) is 10.1. The molecule has 0 saturated heterocycles. The van der Waals surface area contributed by atoms with Crippen LogP contribution >= 0.6 is 11.6 Å². The zero-order valence-corrected chi connectivity index (χ0v) is 18.5. The second-order valence-electron chi connectivity index (χ2n) is 7.54. The largest absolute Gasteiger partial charge is 0.482 e. The van der Waals surface area contributed by atoms with E-state index in [9.17, 15) is 13.2 Å². The molecule has 2 N–H and O–H groups in total. The van der Waals surface area contributed by atoms with Crippen molar-refractivity contribution in [2.45, 2.75) is 56.0 Å². The molecule has 30 heavy (non-hydrogen) atoms. The van der Waals surface area contributed by atoms with E-state index in [1.165, 1.54) is 18.2 Å². The molecule has 2 aromatic rings. The lowest BCUT2D eigenvalue weighted by Crippen LogP contribution is -2.36. The number of benzene rings is 2. The molecule has 162 valence electrons. The van der Waals surface area contributed by atoms with Gasteiger partial charge in [0.25, 0.3) is 5.91 Å². The van der Waals surface area contributed by atoms with Crippen molar-refractivity contribution >= 4 is 27.5 Å². The summed E-state index contributed by atoms with van der Waals surface area (Å²) in [6.07, 6.45) is 4.92. The summed E-state index contributed by atoms with van der Waals surface area (Å²) in [5.74, 6) is -0.0334. The first-order chi connectivity index (χ1) is 14.3. The van der Waals surface area contributed by atoms with Gasteiger partial charge >= 0.3 is 0 Å². The van der Waals surface area contributed by atoms with Gasteiger partial charge in [-0.05, 0) is 43.5 Å². The number of hydrogen-bond donors (Lipinski definition) is 2. The monoisotopic (exact) mass is 450 g/mol. The molecule has 1 saturated carbocycles. The van der Waals surface area contributed by atoms with Crippen LogP contribution in [0, 0.1) is 0 Å². The van der Waals surface area contributed by atoms with Crippen LogP contribution in [0.25, 0.3) is 0 Å². The highest BCUT2D eigenvalue weighted by molar-refractivity contribution is 7.89. The molecule has 0 aliphatic heterocycles. The lowest BCUT2D eigenvalue weighted by atomic mass is 9.96.